The minimum Gasteiger partial charge on any atom is -0.354 e. The summed E-state index contributed by atoms with van der Waals surface area (Å²) in [6.45, 7) is 4.96. The molecule has 20 heavy (non-hydrogen) atoms. The predicted octanol–water partition coefficient (Wildman–Crippen LogP) is 1.03. The average molecular weight is 273 g/mol. The molecule has 2 aromatic heterocycles. The number of nitrogens with zero attached hydrogens (tertiary/aromatic N) is 5. The lowest BCUT2D eigenvalue weighted by atomic mass is 10.3. The summed E-state index contributed by atoms with van der Waals surface area (Å²) in [5, 5.41) is 1.08. The largest absolute Gasteiger partial charge is 0.354 e. The van der Waals surface area contributed by atoms with E-state index in [0.717, 1.165) is 49.5 Å². The van der Waals surface area contributed by atoms with Crippen LogP contribution in [0.5, 0.6) is 0 Å². The van der Waals surface area contributed by atoms with Gasteiger partial charge in [0.15, 0.2) is 0 Å². The maximum Gasteiger partial charge on any atom is 0.219 e. The van der Waals surface area contributed by atoms with E-state index < -0.39 is 0 Å². The number of fused-ring (bicyclic) bond motifs is 1. The molecule has 6 nitrogen and oxygen atoms in total. The molecule has 1 fully saturated rings. The smallest absolute Gasteiger partial charge is 0.219 e. The first-order valence-electron chi connectivity index (χ1n) is 6.93. The van der Waals surface area contributed by atoms with Crippen molar-refractivity contribution in [2.75, 3.05) is 31.1 Å². The third-order valence-corrected chi connectivity index (χ3v) is 3.88. The van der Waals surface area contributed by atoms with E-state index in [2.05, 4.69) is 20.9 Å². The van der Waals surface area contributed by atoms with Crippen molar-refractivity contribution in [1.29, 1.82) is 0 Å². The molecule has 106 valence electrons. The van der Waals surface area contributed by atoms with Crippen molar-refractivity contribution < 1.29 is 4.79 Å². The second kappa shape index (κ2) is 5.11. The number of carbonyl (C=O) groups is 1. The van der Waals surface area contributed by atoms with E-state index in [9.17, 15) is 4.79 Å². The molecule has 0 aliphatic carbocycles. The van der Waals surface area contributed by atoms with Crippen molar-refractivity contribution in [1.82, 2.24) is 19.4 Å². The van der Waals surface area contributed by atoms with Crippen LogP contribution in [0.3, 0.4) is 0 Å². The van der Waals surface area contributed by atoms with Crippen molar-refractivity contribution in [3.05, 3.63) is 18.6 Å². The third-order valence-electron chi connectivity index (χ3n) is 3.88. The van der Waals surface area contributed by atoms with E-state index in [0.29, 0.717) is 0 Å². The summed E-state index contributed by atoms with van der Waals surface area (Å²) in [4.78, 5) is 24.4. The van der Waals surface area contributed by atoms with Crippen molar-refractivity contribution in [2.24, 2.45) is 7.05 Å². The van der Waals surface area contributed by atoms with Crippen LogP contribution in [0.4, 0.5) is 5.82 Å². The summed E-state index contributed by atoms with van der Waals surface area (Å²) in [5.74, 6) is 1.13. The lowest BCUT2D eigenvalue weighted by Gasteiger charge is -2.22. The molecule has 1 amide bonds. The van der Waals surface area contributed by atoms with E-state index >= 15 is 0 Å². The standard InChI is InChI=1S/C14H19N5O/c1-11(20)18-5-3-6-19(9-8-18)14-12-4-7-17(2)13(12)15-10-16-14/h4,7,10H,3,5-6,8-9H2,1-2H3. The summed E-state index contributed by atoms with van der Waals surface area (Å²) in [5.41, 5.74) is 0.947. The molecule has 2 aromatic rings. The summed E-state index contributed by atoms with van der Waals surface area (Å²) in [6, 6.07) is 2.05. The Morgan fingerprint density at radius 3 is 2.85 bits per heavy atom. The van der Waals surface area contributed by atoms with Crippen LogP contribution >= 0.6 is 0 Å². The van der Waals surface area contributed by atoms with Crippen LogP contribution in [-0.2, 0) is 11.8 Å². The monoisotopic (exact) mass is 273 g/mol. The molecular weight excluding hydrogens is 254 g/mol. The number of anilines is 1. The average Bonchev–Trinajstić information content (AvgIpc) is 2.68. The Labute approximate surface area is 118 Å². The zero-order valence-electron chi connectivity index (χ0n) is 11.9. The Morgan fingerprint density at radius 1 is 1.20 bits per heavy atom. The molecule has 1 aliphatic heterocycles. The van der Waals surface area contributed by atoms with E-state index in [1.165, 1.54) is 0 Å². The second-order valence-corrected chi connectivity index (χ2v) is 5.21. The Kier molecular flexibility index (Phi) is 3.30. The van der Waals surface area contributed by atoms with Gasteiger partial charge in [0, 0.05) is 46.3 Å². The molecule has 3 heterocycles. The maximum absolute atomic E-state index is 11.5. The van der Waals surface area contributed by atoms with Crippen molar-refractivity contribution in [3.8, 4) is 0 Å². The topological polar surface area (TPSA) is 54.3 Å². The highest BCUT2D eigenvalue weighted by Crippen LogP contribution is 2.24. The van der Waals surface area contributed by atoms with Crippen molar-refractivity contribution >= 4 is 22.8 Å². The zero-order valence-corrected chi connectivity index (χ0v) is 11.9. The van der Waals surface area contributed by atoms with E-state index in [1.54, 1.807) is 13.3 Å². The molecular formula is C14H19N5O. The fourth-order valence-corrected chi connectivity index (χ4v) is 2.76. The van der Waals surface area contributed by atoms with Gasteiger partial charge in [0.05, 0.1) is 5.39 Å². The Morgan fingerprint density at radius 2 is 2.05 bits per heavy atom. The summed E-state index contributed by atoms with van der Waals surface area (Å²) >= 11 is 0. The summed E-state index contributed by atoms with van der Waals surface area (Å²) < 4.78 is 2.00. The number of carbonyl (C=O) groups excluding carboxylic acids is 1. The molecule has 0 bridgehead atoms. The minimum atomic E-state index is 0.152. The van der Waals surface area contributed by atoms with Gasteiger partial charge in [-0.1, -0.05) is 0 Å². The molecule has 0 aromatic carbocycles. The van der Waals surface area contributed by atoms with Gasteiger partial charge in [-0.15, -0.1) is 0 Å². The number of amides is 1. The van der Waals surface area contributed by atoms with E-state index in [4.69, 9.17) is 0 Å². The van der Waals surface area contributed by atoms with Gasteiger partial charge in [0.25, 0.3) is 0 Å². The summed E-state index contributed by atoms with van der Waals surface area (Å²) in [7, 11) is 1.99. The van der Waals surface area contributed by atoms with Crippen LogP contribution in [0.1, 0.15) is 13.3 Å². The SMILES string of the molecule is CC(=O)N1CCCN(c2ncnc3c2ccn3C)CC1. The highest BCUT2D eigenvalue weighted by molar-refractivity contribution is 5.87. The lowest BCUT2D eigenvalue weighted by Crippen LogP contribution is -2.33. The number of aromatic nitrogens is 3. The number of hydrogen-bond donors (Lipinski definition) is 0. The van der Waals surface area contributed by atoms with Gasteiger partial charge in [0.2, 0.25) is 5.91 Å². The van der Waals surface area contributed by atoms with Crippen LogP contribution in [0.2, 0.25) is 0 Å². The van der Waals surface area contributed by atoms with Gasteiger partial charge < -0.3 is 14.4 Å². The Bertz CT molecular complexity index is 636. The molecule has 3 rings (SSSR count). The van der Waals surface area contributed by atoms with Crippen LogP contribution < -0.4 is 4.90 Å². The fraction of sp³-hybridized carbons (Fsp3) is 0.500. The van der Waals surface area contributed by atoms with Gasteiger partial charge in [-0.25, -0.2) is 9.97 Å². The molecule has 0 radical (unpaired) electrons. The van der Waals surface area contributed by atoms with E-state index in [1.807, 2.05) is 22.7 Å². The molecule has 0 atom stereocenters. The van der Waals surface area contributed by atoms with Gasteiger partial charge in [0.1, 0.15) is 17.8 Å². The van der Waals surface area contributed by atoms with Gasteiger partial charge in [-0.3, -0.25) is 4.79 Å². The van der Waals surface area contributed by atoms with Gasteiger partial charge in [-0.05, 0) is 12.5 Å². The highest BCUT2D eigenvalue weighted by Gasteiger charge is 2.19. The lowest BCUT2D eigenvalue weighted by molar-refractivity contribution is -0.128. The second-order valence-electron chi connectivity index (χ2n) is 5.21. The third kappa shape index (κ3) is 2.21. The first-order chi connectivity index (χ1) is 9.66. The Balaban J connectivity index is 1.89. The predicted molar refractivity (Wildman–Crippen MR) is 77.6 cm³/mol. The molecule has 1 saturated heterocycles. The maximum atomic E-state index is 11.5. The van der Waals surface area contributed by atoms with Crippen LogP contribution in [-0.4, -0.2) is 51.5 Å². The quantitative estimate of drug-likeness (QED) is 0.778. The normalized spacial score (nSPS) is 16.5. The number of hydrogen-bond acceptors (Lipinski definition) is 4. The Hall–Kier alpha value is -2.11. The van der Waals surface area contributed by atoms with Gasteiger partial charge >= 0.3 is 0 Å². The molecule has 0 unspecified atom stereocenters. The first-order valence-corrected chi connectivity index (χ1v) is 6.93. The van der Waals surface area contributed by atoms with Crippen molar-refractivity contribution in [3.63, 3.8) is 0 Å². The minimum absolute atomic E-state index is 0.152. The fourth-order valence-electron chi connectivity index (χ4n) is 2.76. The number of rotatable bonds is 1. The van der Waals surface area contributed by atoms with E-state index in [-0.39, 0.29) is 5.91 Å². The first kappa shape index (κ1) is 12.9. The molecule has 1 aliphatic rings. The molecule has 0 saturated carbocycles. The summed E-state index contributed by atoms with van der Waals surface area (Å²) in [6.07, 6.45) is 4.59. The van der Waals surface area contributed by atoms with Gasteiger partial charge in [-0.2, -0.15) is 0 Å². The van der Waals surface area contributed by atoms with Crippen LogP contribution in [0, 0.1) is 0 Å². The zero-order chi connectivity index (χ0) is 14.1. The highest BCUT2D eigenvalue weighted by atomic mass is 16.2. The molecule has 0 spiro atoms. The number of aryl methyl sites for hydroxylation is 1. The van der Waals surface area contributed by atoms with Crippen LogP contribution in [0.15, 0.2) is 18.6 Å². The molecule has 0 N–H and O–H groups in total. The van der Waals surface area contributed by atoms with Crippen molar-refractivity contribution in [2.45, 2.75) is 13.3 Å². The van der Waals surface area contributed by atoms with Crippen LogP contribution in [0.25, 0.3) is 11.0 Å². The molecule has 6 heteroatoms.